The number of rotatable bonds is 3. The van der Waals surface area contributed by atoms with E-state index in [9.17, 15) is 0 Å². The molecule has 0 N–H and O–H groups in total. The Morgan fingerprint density at radius 3 is 1.83 bits per heavy atom. The van der Waals surface area contributed by atoms with Gasteiger partial charge in [-0.25, -0.2) is 0 Å². The predicted octanol–water partition coefficient (Wildman–Crippen LogP) is 12.4. The molecule has 0 aliphatic carbocycles. The number of aromatic nitrogens is 2. The third-order valence-electron chi connectivity index (χ3n) is 8.66. The number of pyridine rings is 2. The standard InChI is InChI=1S/C29H16NS2.C14H14N.Ir/c1-2-8-18(9-3-1)22-16-19(14-15-30-22)27-28-20-10-4-6-12-23(20)31-25(28)17-26-29(27)21-11-5-7-13-24(21)32-26;1-10-4-6-13(7-5-10)14-8-11(2)12(3)9-15-14;/h1-8,10-17H;4-6,8-9H,1-3H3;/q2*-1;. The Labute approximate surface area is 302 Å². The molecule has 0 unspecified atom stereocenters. The molecule has 4 aromatic heterocycles. The van der Waals surface area contributed by atoms with Gasteiger partial charge in [0.05, 0.1) is 0 Å². The molecule has 0 saturated heterocycles. The van der Waals surface area contributed by atoms with Crippen LogP contribution in [-0.2, 0) is 20.1 Å². The first-order valence-electron chi connectivity index (χ1n) is 15.6. The van der Waals surface area contributed by atoms with Crippen LogP contribution in [0.25, 0.3) is 74.0 Å². The van der Waals surface area contributed by atoms with Crippen molar-refractivity contribution in [3.05, 3.63) is 156 Å². The van der Waals surface area contributed by atoms with Gasteiger partial charge in [-0.1, -0.05) is 61.0 Å². The molecule has 5 heteroatoms. The first kappa shape index (κ1) is 32.1. The third kappa shape index (κ3) is 6.00. The van der Waals surface area contributed by atoms with Crippen LogP contribution in [0.1, 0.15) is 16.7 Å². The van der Waals surface area contributed by atoms with E-state index in [0.29, 0.717) is 0 Å². The number of hydrogen-bond donors (Lipinski definition) is 0. The van der Waals surface area contributed by atoms with Gasteiger partial charge in [0, 0.05) is 72.8 Å². The summed E-state index contributed by atoms with van der Waals surface area (Å²) in [6.07, 6.45) is 3.84. The smallest absolute Gasteiger partial charge is 0.0376 e. The minimum absolute atomic E-state index is 0. The first-order chi connectivity index (χ1) is 23.0. The molecule has 0 fully saturated rings. The van der Waals surface area contributed by atoms with E-state index in [1.807, 2.05) is 59.3 Å². The number of thiophene rings is 2. The van der Waals surface area contributed by atoms with Crippen molar-refractivity contribution in [1.82, 2.24) is 9.97 Å². The number of hydrogen-bond acceptors (Lipinski definition) is 4. The second-order valence-electron chi connectivity index (χ2n) is 11.8. The van der Waals surface area contributed by atoms with Crippen molar-refractivity contribution in [3.8, 4) is 33.6 Å². The van der Waals surface area contributed by atoms with Crippen molar-refractivity contribution >= 4 is 63.0 Å². The van der Waals surface area contributed by atoms with Crippen LogP contribution in [0.2, 0.25) is 0 Å². The van der Waals surface area contributed by atoms with Crippen LogP contribution in [0.5, 0.6) is 0 Å². The second-order valence-corrected chi connectivity index (χ2v) is 14.0. The molecule has 235 valence electrons. The van der Waals surface area contributed by atoms with E-state index >= 15 is 0 Å². The molecule has 0 amide bonds. The average Bonchev–Trinajstić information content (AvgIpc) is 3.67. The molecule has 0 saturated carbocycles. The Hall–Kier alpha value is -4.51. The van der Waals surface area contributed by atoms with Gasteiger partial charge in [-0.05, 0) is 66.2 Å². The Morgan fingerprint density at radius 2 is 1.21 bits per heavy atom. The summed E-state index contributed by atoms with van der Waals surface area (Å²) in [6, 6.07) is 47.1. The third-order valence-corrected chi connectivity index (χ3v) is 10.9. The van der Waals surface area contributed by atoms with E-state index in [4.69, 9.17) is 0 Å². The fourth-order valence-electron chi connectivity index (χ4n) is 6.10. The van der Waals surface area contributed by atoms with Gasteiger partial charge in [0.25, 0.3) is 0 Å². The predicted molar refractivity (Wildman–Crippen MR) is 202 cm³/mol. The summed E-state index contributed by atoms with van der Waals surface area (Å²) in [7, 11) is 0. The van der Waals surface area contributed by atoms with Crippen LogP contribution in [0.3, 0.4) is 0 Å². The van der Waals surface area contributed by atoms with E-state index in [0.717, 1.165) is 22.5 Å². The van der Waals surface area contributed by atoms with Crippen LogP contribution in [0, 0.1) is 32.9 Å². The minimum atomic E-state index is 0. The van der Waals surface area contributed by atoms with Crippen molar-refractivity contribution in [3.63, 3.8) is 0 Å². The first-order valence-corrected chi connectivity index (χ1v) is 17.3. The molecule has 5 aromatic carbocycles. The fourth-order valence-corrected chi connectivity index (χ4v) is 8.48. The van der Waals surface area contributed by atoms with E-state index in [-0.39, 0.29) is 20.1 Å². The SMILES string of the molecule is Cc1c[c-]c(-c2cc(C)c(C)cn2)cc1.[Ir].[c-]1ccccc1-c1cc(-c2c3c(cc4sc5ccccc5c24)sc2ccccc23)ccn1. The van der Waals surface area contributed by atoms with Crippen molar-refractivity contribution in [2.24, 2.45) is 0 Å². The van der Waals surface area contributed by atoms with Crippen molar-refractivity contribution < 1.29 is 20.1 Å². The van der Waals surface area contributed by atoms with Gasteiger partial charge in [0.2, 0.25) is 0 Å². The zero-order valence-corrected chi connectivity index (χ0v) is 30.7. The fraction of sp³-hybridized carbons (Fsp3) is 0.0698. The molecule has 2 nitrogen and oxygen atoms in total. The monoisotopic (exact) mass is 831 g/mol. The maximum absolute atomic E-state index is 4.67. The molecule has 1 radical (unpaired) electrons. The van der Waals surface area contributed by atoms with Gasteiger partial charge in [-0.15, -0.1) is 94.0 Å². The summed E-state index contributed by atoms with van der Waals surface area (Å²) < 4.78 is 5.34. The molecule has 0 bridgehead atoms. The summed E-state index contributed by atoms with van der Waals surface area (Å²) in [5, 5.41) is 5.33. The molecule has 4 heterocycles. The number of benzene rings is 5. The molecule has 0 aliphatic rings. The number of aryl methyl sites for hydroxylation is 3. The minimum Gasteiger partial charge on any atom is -0.305 e. The van der Waals surface area contributed by atoms with E-state index < -0.39 is 0 Å². The largest absolute Gasteiger partial charge is 0.305 e. The number of fused-ring (bicyclic) bond motifs is 6. The Kier molecular flexibility index (Phi) is 9.04. The van der Waals surface area contributed by atoms with Crippen LogP contribution >= 0.6 is 22.7 Å². The molecule has 0 spiro atoms. The zero-order chi connectivity index (χ0) is 31.9. The van der Waals surface area contributed by atoms with Gasteiger partial charge >= 0.3 is 0 Å². The van der Waals surface area contributed by atoms with E-state index in [2.05, 4.69) is 134 Å². The summed E-state index contributed by atoms with van der Waals surface area (Å²) in [6.45, 7) is 6.24. The molecule has 9 aromatic rings. The zero-order valence-electron chi connectivity index (χ0n) is 26.7. The summed E-state index contributed by atoms with van der Waals surface area (Å²) in [5.41, 5.74) is 10.3. The normalized spacial score (nSPS) is 11.1. The van der Waals surface area contributed by atoms with Crippen LogP contribution in [0.15, 0.2) is 128 Å². The topological polar surface area (TPSA) is 25.8 Å². The molecule has 48 heavy (non-hydrogen) atoms. The van der Waals surface area contributed by atoms with Crippen LogP contribution < -0.4 is 0 Å². The number of nitrogens with zero attached hydrogens (tertiary/aromatic N) is 2. The van der Waals surface area contributed by atoms with Crippen molar-refractivity contribution in [2.75, 3.05) is 0 Å². The molecular formula is C43H30IrN2S2-2. The quantitative estimate of drug-likeness (QED) is 0.166. The van der Waals surface area contributed by atoms with Crippen LogP contribution in [0.4, 0.5) is 0 Å². The van der Waals surface area contributed by atoms with Gasteiger partial charge in [-0.2, -0.15) is 0 Å². The van der Waals surface area contributed by atoms with E-state index in [1.54, 1.807) is 0 Å². The van der Waals surface area contributed by atoms with Gasteiger partial charge in [0.15, 0.2) is 0 Å². The summed E-state index contributed by atoms with van der Waals surface area (Å²) in [4.78, 5) is 9.08. The molecule has 9 rings (SSSR count). The average molecular weight is 831 g/mol. The maximum atomic E-state index is 4.67. The maximum Gasteiger partial charge on any atom is 0.0376 e. The molecule has 0 aliphatic heterocycles. The van der Waals surface area contributed by atoms with Crippen LogP contribution in [-0.4, -0.2) is 9.97 Å². The Balaban J connectivity index is 0.000000193. The van der Waals surface area contributed by atoms with Crippen molar-refractivity contribution in [2.45, 2.75) is 20.8 Å². The molecule has 0 atom stereocenters. The van der Waals surface area contributed by atoms with Gasteiger partial charge in [0.1, 0.15) is 0 Å². The van der Waals surface area contributed by atoms with E-state index in [1.165, 1.54) is 68.2 Å². The molecular weight excluding hydrogens is 801 g/mol. The Morgan fingerprint density at radius 1 is 0.562 bits per heavy atom. The van der Waals surface area contributed by atoms with Gasteiger partial charge < -0.3 is 9.97 Å². The second kappa shape index (κ2) is 13.5. The summed E-state index contributed by atoms with van der Waals surface area (Å²) in [5.74, 6) is 0. The van der Waals surface area contributed by atoms with Gasteiger partial charge in [-0.3, -0.25) is 0 Å². The summed E-state index contributed by atoms with van der Waals surface area (Å²) >= 11 is 3.76. The van der Waals surface area contributed by atoms with Crippen molar-refractivity contribution in [1.29, 1.82) is 0 Å². The Bertz CT molecular complexity index is 2460.